The minimum absolute atomic E-state index is 0.180. The van der Waals surface area contributed by atoms with Crippen molar-refractivity contribution in [1.29, 1.82) is 0 Å². The topological polar surface area (TPSA) is 59.2 Å². The Morgan fingerprint density at radius 2 is 1.96 bits per heavy atom. The molecule has 1 saturated heterocycles. The SMILES string of the molecule is Cc1noc(C2CCN(C(=O)[C@@H]3C[C@H]3c3ccccc3)CC2)n1. The standard InChI is InChI=1S/C18H21N3O2/c1-12-19-17(23-20-12)14-7-9-21(10-8-14)18(22)16-11-15(16)13-5-3-2-4-6-13/h2-6,14-16H,7-11H2,1H3/t15-,16+/m0/s1. The third kappa shape index (κ3) is 2.87. The summed E-state index contributed by atoms with van der Waals surface area (Å²) in [5.41, 5.74) is 1.29. The normalized spacial score (nSPS) is 24.7. The number of hydrogen-bond donors (Lipinski definition) is 0. The Kier molecular flexibility index (Phi) is 3.63. The quantitative estimate of drug-likeness (QED) is 0.874. The van der Waals surface area contributed by atoms with Crippen molar-refractivity contribution in [3.63, 3.8) is 0 Å². The van der Waals surface area contributed by atoms with Crippen LogP contribution in [0.15, 0.2) is 34.9 Å². The molecule has 5 nitrogen and oxygen atoms in total. The lowest BCUT2D eigenvalue weighted by Gasteiger charge is -2.30. The van der Waals surface area contributed by atoms with E-state index in [1.807, 2.05) is 30.0 Å². The van der Waals surface area contributed by atoms with Gasteiger partial charge in [-0.05, 0) is 37.7 Å². The highest BCUT2D eigenvalue weighted by Crippen LogP contribution is 2.48. The fraction of sp³-hybridized carbons (Fsp3) is 0.500. The minimum Gasteiger partial charge on any atom is -0.342 e. The average Bonchev–Trinajstić information content (AvgIpc) is 3.29. The van der Waals surface area contributed by atoms with Crippen LogP contribution in [-0.4, -0.2) is 34.0 Å². The van der Waals surface area contributed by atoms with E-state index in [0.717, 1.165) is 38.2 Å². The highest BCUT2D eigenvalue weighted by atomic mass is 16.5. The molecule has 1 aliphatic carbocycles. The number of aromatic nitrogens is 2. The van der Waals surface area contributed by atoms with Gasteiger partial charge in [-0.2, -0.15) is 4.98 Å². The fourth-order valence-electron chi connectivity index (χ4n) is 3.60. The number of amides is 1. The fourth-order valence-corrected chi connectivity index (χ4v) is 3.60. The minimum atomic E-state index is 0.180. The first kappa shape index (κ1) is 14.4. The predicted octanol–water partition coefficient (Wildman–Crippen LogP) is 2.89. The molecule has 2 fully saturated rings. The summed E-state index contributed by atoms with van der Waals surface area (Å²) in [6.45, 7) is 3.42. The molecule has 5 heteroatoms. The van der Waals surface area contributed by atoms with Gasteiger partial charge in [0.1, 0.15) is 0 Å². The van der Waals surface area contributed by atoms with Crippen LogP contribution in [0.1, 0.15) is 48.4 Å². The molecule has 0 unspecified atom stereocenters. The first-order valence-corrected chi connectivity index (χ1v) is 8.36. The summed E-state index contributed by atoms with van der Waals surface area (Å²) < 4.78 is 5.27. The zero-order chi connectivity index (χ0) is 15.8. The smallest absolute Gasteiger partial charge is 0.229 e. The van der Waals surface area contributed by atoms with Crippen LogP contribution in [-0.2, 0) is 4.79 Å². The summed E-state index contributed by atoms with van der Waals surface area (Å²) in [5.74, 6) is 2.62. The van der Waals surface area contributed by atoms with Crippen molar-refractivity contribution in [2.75, 3.05) is 13.1 Å². The lowest BCUT2D eigenvalue weighted by Crippen LogP contribution is -2.39. The van der Waals surface area contributed by atoms with Crippen molar-refractivity contribution in [1.82, 2.24) is 15.0 Å². The first-order valence-electron chi connectivity index (χ1n) is 8.36. The van der Waals surface area contributed by atoms with Crippen LogP contribution in [0.2, 0.25) is 0 Å². The Balaban J connectivity index is 1.33. The van der Waals surface area contributed by atoms with Gasteiger partial charge in [-0.1, -0.05) is 35.5 Å². The zero-order valence-corrected chi connectivity index (χ0v) is 13.3. The van der Waals surface area contributed by atoms with Gasteiger partial charge in [0.05, 0.1) is 0 Å². The zero-order valence-electron chi connectivity index (χ0n) is 13.3. The number of hydrogen-bond acceptors (Lipinski definition) is 4. The van der Waals surface area contributed by atoms with E-state index in [9.17, 15) is 4.79 Å². The molecule has 1 aliphatic heterocycles. The second-order valence-corrected chi connectivity index (χ2v) is 6.64. The number of nitrogens with zero attached hydrogens (tertiary/aromatic N) is 3. The molecule has 0 spiro atoms. The summed E-state index contributed by atoms with van der Waals surface area (Å²) in [4.78, 5) is 19.0. The highest BCUT2D eigenvalue weighted by molar-refractivity contribution is 5.83. The molecule has 4 rings (SSSR count). The van der Waals surface area contributed by atoms with Crippen molar-refractivity contribution in [3.05, 3.63) is 47.6 Å². The molecule has 120 valence electrons. The third-order valence-electron chi connectivity index (χ3n) is 5.03. The molecule has 0 bridgehead atoms. The molecule has 1 aromatic carbocycles. The number of carbonyl (C=O) groups excluding carboxylic acids is 1. The Morgan fingerprint density at radius 1 is 1.22 bits per heavy atom. The maximum atomic E-state index is 12.7. The second kappa shape index (κ2) is 5.80. The van der Waals surface area contributed by atoms with Crippen LogP contribution in [0.25, 0.3) is 0 Å². The van der Waals surface area contributed by atoms with E-state index in [1.54, 1.807) is 0 Å². The van der Waals surface area contributed by atoms with Gasteiger partial charge in [-0.15, -0.1) is 0 Å². The molecule has 2 aromatic rings. The van der Waals surface area contributed by atoms with E-state index in [-0.39, 0.29) is 5.92 Å². The maximum absolute atomic E-state index is 12.7. The van der Waals surface area contributed by atoms with Crippen LogP contribution < -0.4 is 0 Å². The number of aryl methyl sites for hydroxylation is 1. The molecule has 2 aliphatic rings. The van der Waals surface area contributed by atoms with E-state index in [2.05, 4.69) is 22.3 Å². The van der Waals surface area contributed by atoms with Gasteiger partial charge < -0.3 is 9.42 Å². The summed E-state index contributed by atoms with van der Waals surface area (Å²) in [6, 6.07) is 10.4. The Labute approximate surface area is 135 Å². The molecule has 2 heterocycles. The highest BCUT2D eigenvalue weighted by Gasteiger charge is 2.46. The van der Waals surface area contributed by atoms with E-state index in [4.69, 9.17) is 4.52 Å². The van der Waals surface area contributed by atoms with Crippen molar-refractivity contribution in [2.24, 2.45) is 5.92 Å². The van der Waals surface area contributed by atoms with Gasteiger partial charge in [-0.3, -0.25) is 4.79 Å². The van der Waals surface area contributed by atoms with Crippen molar-refractivity contribution in [3.8, 4) is 0 Å². The number of benzene rings is 1. The largest absolute Gasteiger partial charge is 0.342 e. The van der Waals surface area contributed by atoms with Gasteiger partial charge in [-0.25, -0.2) is 0 Å². The lowest BCUT2D eigenvalue weighted by atomic mass is 9.96. The molecular weight excluding hydrogens is 290 g/mol. The maximum Gasteiger partial charge on any atom is 0.229 e. The van der Waals surface area contributed by atoms with Crippen LogP contribution in [0.5, 0.6) is 0 Å². The summed E-state index contributed by atoms with van der Waals surface area (Å²) in [5, 5.41) is 3.86. The van der Waals surface area contributed by atoms with Gasteiger partial charge in [0.15, 0.2) is 5.82 Å². The van der Waals surface area contributed by atoms with Crippen molar-refractivity contribution < 1.29 is 9.32 Å². The van der Waals surface area contributed by atoms with E-state index >= 15 is 0 Å². The second-order valence-electron chi connectivity index (χ2n) is 6.64. The van der Waals surface area contributed by atoms with Crippen LogP contribution in [0, 0.1) is 12.8 Å². The molecule has 1 saturated carbocycles. The third-order valence-corrected chi connectivity index (χ3v) is 5.03. The predicted molar refractivity (Wildman–Crippen MR) is 84.9 cm³/mol. The van der Waals surface area contributed by atoms with Gasteiger partial charge >= 0.3 is 0 Å². The number of piperidine rings is 1. The van der Waals surface area contributed by atoms with E-state index in [1.165, 1.54) is 5.56 Å². The van der Waals surface area contributed by atoms with Gasteiger partial charge in [0.2, 0.25) is 11.8 Å². The molecule has 1 amide bonds. The van der Waals surface area contributed by atoms with E-state index < -0.39 is 0 Å². The van der Waals surface area contributed by atoms with Crippen molar-refractivity contribution >= 4 is 5.91 Å². The van der Waals surface area contributed by atoms with Crippen LogP contribution >= 0.6 is 0 Å². The summed E-state index contributed by atoms with van der Waals surface area (Å²) in [6.07, 6.45) is 2.82. The summed E-state index contributed by atoms with van der Waals surface area (Å²) >= 11 is 0. The monoisotopic (exact) mass is 311 g/mol. The molecule has 0 radical (unpaired) electrons. The molecule has 23 heavy (non-hydrogen) atoms. The molecule has 0 N–H and O–H groups in total. The first-order chi connectivity index (χ1) is 11.2. The lowest BCUT2D eigenvalue weighted by molar-refractivity contribution is -0.133. The summed E-state index contributed by atoms with van der Waals surface area (Å²) in [7, 11) is 0. The number of carbonyl (C=O) groups is 1. The molecule has 1 aromatic heterocycles. The van der Waals surface area contributed by atoms with Crippen LogP contribution in [0.3, 0.4) is 0 Å². The Hall–Kier alpha value is -2.17. The van der Waals surface area contributed by atoms with Crippen LogP contribution in [0.4, 0.5) is 0 Å². The average molecular weight is 311 g/mol. The molecular formula is C18H21N3O2. The van der Waals surface area contributed by atoms with Crippen molar-refractivity contribution in [2.45, 2.75) is 38.0 Å². The Bertz CT molecular complexity index is 689. The molecule has 2 atom stereocenters. The number of likely N-dealkylation sites (tertiary alicyclic amines) is 1. The Morgan fingerprint density at radius 3 is 2.61 bits per heavy atom. The van der Waals surface area contributed by atoms with E-state index in [0.29, 0.717) is 23.6 Å². The number of rotatable bonds is 3. The van der Waals surface area contributed by atoms with Gasteiger partial charge in [0, 0.05) is 24.9 Å². The van der Waals surface area contributed by atoms with Gasteiger partial charge in [0.25, 0.3) is 0 Å².